The van der Waals surface area contributed by atoms with E-state index in [9.17, 15) is 19.6 Å². The average Bonchev–Trinajstić information content (AvgIpc) is 2.69. The summed E-state index contributed by atoms with van der Waals surface area (Å²) in [4.78, 5) is 36.6. The minimum absolute atomic E-state index is 0.0697. The summed E-state index contributed by atoms with van der Waals surface area (Å²) in [6, 6.07) is 12.2. The molecule has 1 heterocycles. The smallest absolute Gasteiger partial charge is 0.341 e. The number of fused-ring (bicyclic) bond motifs is 1. The van der Waals surface area contributed by atoms with Crippen LogP contribution in [0.5, 0.6) is 11.6 Å². The minimum atomic E-state index is -0.781. The second-order valence-electron chi connectivity index (χ2n) is 5.79. The van der Waals surface area contributed by atoms with Gasteiger partial charge in [-0.3, -0.25) is 13.9 Å². The van der Waals surface area contributed by atoms with Gasteiger partial charge in [0.1, 0.15) is 17.4 Å². The average molecular weight is 365 g/mol. The molecule has 0 N–H and O–H groups in total. The van der Waals surface area contributed by atoms with Crippen molar-refractivity contribution < 1.29 is 14.3 Å². The van der Waals surface area contributed by atoms with E-state index in [0.29, 0.717) is 0 Å². The molecule has 0 radical (unpaired) electrons. The van der Waals surface area contributed by atoms with Crippen LogP contribution in [0.1, 0.15) is 15.9 Å². The molecule has 0 atom stereocenters. The Bertz CT molecular complexity index is 1230. The van der Waals surface area contributed by atoms with Crippen LogP contribution in [0.15, 0.2) is 46.0 Å². The van der Waals surface area contributed by atoms with Crippen LogP contribution in [-0.4, -0.2) is 22.2 Å². The molecule has 3 aromatic rings. The van der Waals surface area contributed by atoms with E-state index >= 15 is 0 Å². The highest BCUT2D eigenvalue weighted by molar-refractivity contribution is 5.98. The van der Waals surface area contributed by atoms with Crippen molar-refractivity contribution in [2.45, 2.75) is 0 Å². The zero-order valence-corrected chi connectivity index (χ0v) is 14.8. The standard InChI is InChI=1S/C19H15N3O5/c1-21-16(23)14(10-20)17(22(2)19(21)25)27-15-9-12-7-5-4-6-11(12)8-13(15)18(24)26-3/h4-9H,1-3H3. The van der Waals surface area contributed by atoms with E-state index in [4.69, 9.17) is 9.47 Å². The topological polar surface area (TPSA) is 103 Å². The van der Waals surface area contributed by atoms with Gasteiger partial charge in [0, 0.05) is 14.1 Å². The summed E-state index contributed by atoms with van der Waals surface area (Å²) in [7, 11) is 3.87. The Morgan fingerprint density at radius 3 is 2.30 bits per heavy atom. The maximum Gasteiger partial charge on any atom is 0.341 e. The number of ether oxygens (including phenoxy) is 2. The van der Waals surface area contributed by atoms with Gasteiger partial charge in [0.2, 0.25) is 5.88 Å². The lowest BCUT2D eigenvalue weighted by atomic mass is 10.1. The second-order valence-corrected chi connectivity index (χ2v) is 5.79. The molecule has 0 saturated heterocycles. The van der Waals surface area contributed by atoms with Crippen molar-refractivity contribution in [2.24, 2.45) is 14.1 Å². The van der Waals surface area contributed by atoms with Crippen molar-refractivity contribution in [2.75, 3.05) is 7.11 Å². The number of carbonyl (C=O) groups is 1. The van der Waals surface area contributed by atoms with E-state index in [1.165, 1.54) is 21.2 Å². The van der Waals surface area contributed by atoms with Gasteiger partial charge in [0.15, 0.2) is 5.56 Å². The van der Waals surface area contributed by atoms with E-state index in [1.807, 2.05) is 24.3 Å². The van der Waals surface area contributed by atoms with Crippen LogP contribution in [0, 0.1) is 11.3 Å². The number of carbonyl (C=O) groups excluding carboxylic acids is 1. The van der Waals surface area contributed by atoms with E-state index in [1.54, 1.807) is 18.2 Å². The first-order valence-corrected chi connectivity index (χ1v) is 7.88. The number of nitrogens with zero attached hydrogens (tertiary/aromatic N) is 3. The molecule has 0 unspecified atom stereocenters. The molecule has 2 aromatic carbocycles. The second kappa shape index (κ2) is 6.80. The molecule has 8 heteroatoms. The van der Waals surface area contributed by atoms with Crippen molar-refractivity contribution in [3.05, 3.63) is 68.4 Å². The molecule has 0 spiro atoms. The van der Waals surface area contributed by atoms with Crippen LogP contribution < -0.4 is 16.0 Å². The lowest BCUT2D eigenvalue weighted by molar-refractivity contribution is 0.0598. The summed E-state index contributed by atoms with van der Waals surface area (Å²) >= 11 is 0. The lowest BCUT2D eigenvalue weighted by Crippen LogP contribution is -2.38. The van der Waals surface area contributed by atoms with Gasteiger partial charge in [0.05, 0.1) is 7.11 Å². The molecular weight excluding hydrogens is 350 g/mol. The predicted molar refractivity (Wildman–Crippen MR) is 97.0 cm³/mol. The SMILES string of the molecule is COC(=O)c1cc2ccccc2cc1Oc1c(C#N)c(=O)n(C)c(=O)n1C. The first-order chi connectivity index (χ1) is 12.9. The number of benzene rings is 2. The van der Waals surface area contributed by atoms with Crippen molar-refractivity contribution in [3.63, 3.8) is 0 Å². The number of aromatic nitrogens is 2. The van der Waals surface area contributed by atoms with Crippen LogP contribution in [0.25, 0.3) is 10.8 Å². The molecule has 1 aromatic heterocycles. The van der Waals surface area contributed by atoms with Crippen LogP contribution in [0.3, 0.4) is 0 Å². The summed E-state index contributed by atoms with van der Waals surface area (Å²) < 4.78 is 12.4. The van der Waals surface area contributed by atoms with Crippen LogP contribution >= 0.6 is 0 Å². The van der Waals surface area contributed by atoms with Gasteiger partial charge in [-0.1, -0.05) is 24.3 Å². The molecule has 0 amide bonds. The molecule has 0 aliphatic carbocycles. The number of hydrogen-bond acceptors (Lipinski definition) is 6. The third-order valence-electron chi connectivity index (χ3n) is 4.18. The van der Waals surface area contributed by atoms with E-state index in [2.05, 4.69) is 0 Å². The van der Waals surface area contributed by atoms with Crippen molar-refractivity contribution in [1.82, 2.24) is 9.13 Å². The molecule has 8 nitrogen and oxygen atoms in total. The molecule has 3 rings (SSSR count). The third kappa shape index (κ3) is 2.95. The predicted octanol–water partition coefficient (Wildman–Crippen LogP) is 1.69. The van der Waals surface area contributed by atoms with Gasteiger partial charge >= 0.3 is 11.7 Å². The summed E-state index contributed by atoms with van der Waals surface area (Å²) in [5.41, 5.74) is -1.68. The van der Waals surface area contributed by atoms with Crippen LogP contribution in [0.2, 0.25) is 0 Å². The van der Waals surface area contributed by atoms with Gasteiger partial charge < -0.3 is 9.47 Å². The first-order valence-electron chi connectivity index (χ1n) is 7.88. The Kier molecular flexibility index (Phi) is 4.52. The molecule has 0 aliphatic heterocycles. The fourth-order valence-corrected chi connectivity index (χ4v) is 2.72. The number of hydrogen-bond donors (Lipinski definition) is 0. The highest BCUT2D eigenvalue weighted by Crippen LogP contribution is 2.31. The molecule has 27 heavy (non-hydrogen) atoms. The highest BCUT2D eigenvalue weighted by Gasteiger charge is 2.21. The Hall–Kier alpha value is -3.86. The molecule has 0 bridgehead atoms. The summed E-state index contributed by atoms with van der Waals surface area (Å²) in [5.74, 6) is -0.825. The lowest BCUT2D eigenvalue weighted by Gasteiger charge is -2.15. The van der Waals surface area contributed by atoms with Gasteiger partial charge in [-0.25, -0.2) is 9.59 Å². The van der Waals surface area contributed by atoms with Crippen molar-refractivity contribution in [1.29, 1.82) is 5.26 Å². The monoisotopic (exact) mass is 365 g/mol. The Morgan fingerprint density at radius 1 is 1.07 bits per heavy atom. The van der Waals surface area contributed by atoms with Gasteiger partial charge in [-0.2, -0.15) is 5.26 Å². The maximum absolute atomic E-state index is 12.2. The minimum Gasteiger partial charge on any atom is -0.465 e. The number of esters is 1. The van der Waals surface area contributed by atoms with Crippen molar-refractivity contribution >= 4 is 16.7 Å². The fourth-order valence-electron chi connectivity index (χ4n) is 2.72. The van der Waals surface area contributed by atoms with E-state index in [0.717, 1.165) is 19.9 Å². The van der Waals surface area contributed by atoms with Gasteiger partial charge in [-0.05, 0) is 22.9 Å². The summed E-state index contributed by atoms with van der Waals surface area (Å²) in [5, 5.41) is 10.9. The third-order valence-corrected chi connectivity index (χ3v) is 4.18. The molecule has 136 valence electrons. The van der Waals surface area contributed by atoms with E-state index in [-0.39, 0.29) is 22.8 Å². The van der Waals surface area contributed by atoms with Gasteiger partial charge in [-0.15, -0.1) is 0 Å². The van der Waals surface area contributed by atoms with Gasteiger partial charge in [0.25, 0.3) is 5.56 Å². The molecule has 0 aliphatic rings. The normalized spacial score (nSPS) is 10.4. The Balaban J connectivity index is 2.29. The van der Waals surface area contributed by atoms with Crippen LogP contribution in [-0.2, 0) is 18.8 Å². The molecule has 0 saturated carbocycles. The zero-order chi connectivity index (χ0) is 19.7. The fraction of sp³-hybridized carbons (Fsp3) is 0.158. The van der Waals surface area contributed by atoms with Crippen LogP contribution in [0.4, 0.5) is 0 Å². The van der Waals surface area contributed by atoms with E-state index < -0.39 is 17.2 Å². The Morgan fingerprint density at radius 2 is 1.70 bits per heavy atom. The number of rotatable bonds is 3. The Labute approximate surface area is 153 Å². The summed E-state index contributed by atoms with van der Waals surface area (Å²) in [6.07, 6.45) is 0. The van der Waals surface area contributed by atoms with Crippen molar-refractivity contribution in [3.8, 4) is 17.7 Å². The highest BCUT2D eigenvalue weighted by atomic mass is 16.5. The zero-order valence-electron chi connectivity index (χ0n) is 14.8. The molecular formula is C19H15N3O5. The number of methoxy groups -OCH3 is 1. The largest absolute Gasteiger partial charge is 0.465 e. The molecule has 0 fully saturated rings. The quantitative estimate of drug-likeness (QED) is 0.654. The summed E-state index contributed by atoms with van der Waals surface area (Å²) in [6.45, 7) is 0. The number of nitriles is 1. The first kappa shape index (κ1) is 17.9. The maximum atomic E-state index is 12.2.